The fraction of sp³-hybridized carbons (Fsp3) is 0.500. The summed E-state index contributed by atoms with van der Waals surface area (Å²) in [7, 11) is 0. The number of hydrogen-bond acceptors (Lipinski definition) is 3. The molecule has 0 aliphatic carbocycles. The van der Waals surface area contributed by atoms with Gasteiger partial charge in [0.2, 0.25) is 0 Å². The van der Waals surface area contributed by atoms with Crippen molar-refractivity contribution in [2.24, 2.45) is 0 Å². The van der Waals surface area contributed by atoms with Crippen molar-refractivity contribution in [1.29, 1.82) is 0 Å². The molecule has 0 atom stereocenters. The molecule has 1 aromatic rings. The van der Waals surface area contributed by atoms with Crippen LogP contribution in [-0.4, -0.2) is 48.8 Å². The number of carbonyl (C=O) groups excluding carboxylic acids is 1. The lowest BCUT2D eigenvalue weighted by Gasteiger charge is -2.34. The van der Waals surface area contributed by atoms with E-state index in [4.69, 9.17) is 0 Å². The van der Waals surface area contributed by atoms with E-state index in [1.807, 2.05) is 18.2 Å². The van der Waals surface area contributed by atoms with E-state index in [9.17, 15) is 4.79 Å². The fourth-order valence-electron chi connectivity index (χ4n) is 2.30. The Hall–Kier alpha value is -1.19. The van der Waals surface area contributed by atoms with Crippen LogP contribution in [0.25, 0.3) is 0 Å². The molecule has 0 saturated carbocycles. The predicted octanol–water partition coefficient (Wildman–Crippen LogP) is 1.64. The molecular weight excluding hydrogens is 212 g/mol. The van der Waals surface area contributed by atoms with Gasteiger partial charge in [-0.05, 0) is 12.1 Å². The van der Waals surface area contributed by atoms with Gasteiger partial charge in [0, 0.05) is 38.3 Å². The van der Waals surface area contributed by atoms with Gasteiger partial charge >= 0.3 is 0 Å². The lowest BCUT2D eigenvalue weighted by atomic mass is 10.1. The second kappa shape index (κ2) is 5.94. The first-order valence-electron chi connectivity index (χ1n) is 6.31. The van der Waals surface area contributed by atoms with Crippen molar-refractivity contribution in [2.75, 3.05) is 32.7 Å². The number of hydrogen-bond donors (Lipinski definition) is 0. The van der Waals surface area contributed by atoms with Gasteiger partial charge in [-0.3, -0.25) is 9.69 Å². The van der Waals surface area contributed by atoms with Gasteiger partial charge in [0.25, 0.3) is 0 Å². The summed E-state index contributed by atoms with van der Waals surface area (Å²) in [6, 6.07) is 7.87. The normalized spacial score (nSPS) is 18.2. The smallest absolute Gasteiger partial charge is 0.150 e. The largest absolute Gasteiger partial charge is 0.301 e. The van der Waals surface area contributed by atoms with E-state index in [-0.39, 0.29) is 0 Å². The maximum Gasteiger partial charge on any atom is 0.150 e. The Morgan fingerprint density at radius 1 is 1.12 bits per heavy atom. The van der Waals surface area contributed by atoms with Crippen molar-refractivity contribution in [1.82, 2.24) is 9.80 Å². The van der Waals surface area contributed by atoms with Crippen molar-refractivity contribution in [3.05, 3.63) is 35.4 Å². The van der Waals surface area contributed by atoms with Crippen LogP contribution in [0.3, 0.4) is 0 Å². The second-order valence-electron chi connectivity index (χ2n) is 4.53. The molecule has 0 bridgehead atoms. The third-order valence-electron chi connectivity index (χ3n) is 3.49. The van der Waals surface area contributed by atoms with Crippen molar-refractivity contribution in [2.45, 2.75) is 13.5 Å². The Morgan fingerprint density at radius 2 is 1.76 bits per heavy atom. The molecule has 92 valence electrons. The van der Waals surface area contributed by atoms with Crippen LogP contribution in [0.2, 0.25) is 0 Å². The van der Waals surface area contributed by atoms with Crippen LogP contribution in [0.15, 0.2) is 24.3 Å². The zero-order valence-electron chi connectivity index (χ0n) is 10.4. The Morgan fingerprint density at radius 3 is 2.41 bits per heavy atom. The van der Waals surface area contributed by atoms with Crippen LogP contribution in [0.4, 0.5) is 0 Å². The van der Waals surface area contributed by atoms with Gasteiger partial charge in [-0.15, -0.1) is 0 Å². The second-order valence-corrected chi connectivity index (χ2v) is 4.53. The topological polar surface area (TPSA) is 23.6 Å². The van der Waals surface area contributed by atoms with E-state index >= 15 is 0 Å². The molecule has 3 nitrogen and oxygen atoms in total. The molecule has 0 spiro atoms. The monoisotopic (exact) mass is 232 g/mol. The minimum Gasteiger partial charge on any atom is -0.301 e. The van der Waals surface area contributed by atoms with Gasteiger partial charge in [-0.25, -0.2) is 0 Å². The average molecular weight is 232 g/mol. The molecule has 1 saturated heterocycles. The average Bonchev–Trinajstić information content (AvgIpc) is 2.40. The minimum atomic E-state index is 0.824. The quantitative estimate of drug-likeness (QED) is 0.737. The lowest BCUT2D eigenvalue weighted by molar-refractivity contribution is 0.111. The van der Waals surface area contributed by atoms with Gasteiger partial charge in [0.05, 0.1) is 0 Å². The number of carbonyl (C=O) groups is 1. The number of benzene rings is 1. The maximum atomic E-state index is 10.9. The molecule has 0 radical (unpaired) electrons. The number of aldehydes is 1. The Kier molecular flexibility index (Phi) is 4.29. The highest BCUT2D eigenvalue weighted by molar-refractivity contribution is 5.77. The predicted molar refractivity (Wildman–Crippen MR) is 69.2 cm³/mol. The highest BCUT2D eigenvalue weighted by atomic mass is 16.1. The molecule has 1 heterocycles. The first-order chi connectivity index (χ1) is 8.33. The van der Waals surface area contributed by atoms with E-state index < -0.39 is 0 Å². The van der Waals surface area contributed by atoms with E-state index in [1.54, 1.807) is 0 Å². The van der Waals surface area contributed by atoms with Crippen LogP contribution in [0.5, 0.6) is 0 Å². The van der Waals surface area contributed by atoms with Crippen LogP contribution in [0.1, 0.15) is 22.8 Å². The molecule has 0 amide bonds. The number of piperazine rings is 1. The van der Waals surface area contributed by atoms with E-state index in [0.717, 1.165) is 56.7 Å². The molecule has 1 fully saturated rings. The van der Waals surface area contributed by atoms with E-state index in [1.165, 1.54) is 0 Å². The molecule has 0 aromatic heterocycles. The molecular formula is C14H20N2O. The molecule has 17 heavy (non-hydrogen) atoms. The van der Waals surface area contributed by atoms with Crippen LogP contribution in [0, 0.1) is 0 Å². The minimum absolute atomic E-state index is 0.824. The summed E-state index contributed by atoms with van der Waals surface area (Å²) >= 11 is 0. The molecule has 1 aliphatic heterocycles. The first kappa shape index (κ1) is 12.3. The molecule has 2 rings (SSSR count). The van der Waals surface area contributed by atoms with Crippen molar-refractivity contribution in [3.63, 3.8) is 0 Å². The molecule has 0 N–H and O–H groups in total. The maximum absolute atomic E-state index is 10.9. The summed E-state index contributed by atoms with van der Waals surface area (Å²) in [5.74, 6) is 0. The third kappa shape index (κ3) is 3.14. The number of rotatable bonds is 4. The van der Waals surface area contributed by atoms with Gasteiger partial charge in [0.1, 0.15) is 6.29 Å². The summed E-state index contributed by atoms with van der Waals surface area (Å²) in [6.07, 6.45) is 0.956. The van der Waals surface area contributed by atoms with Crippen molar-refractivity contribution >= 4 is 6.29 Å². The number of nitrogens with zero attached hydrogens (tertiary/aromatic N) is 2. The summed E-state index contributed by atoms with van der Waals surface area (Å²) in [6.45, 7) is 8.71. The Labute approximate surface area is 103 Å². The van der Waals surface area contributed by atoms with Crippen molar-refractivity contribution in [3.8, 4) is 0 Å². The zero-order valence-corrected chi connectivity index (χ0v) is 10.4. The summed E-state index contributed by atoms with van der Waals surface area (Å²) in [5, 5.41) is 0. The highest BCUT2D eigenvalue weighted by Gasteiger charge is 2.16. The van der Waals surface area contributed by atoms with Gasteiger partial charge in [0.15, 0.2) is 0 Å². The first-order valence-corrected chi connectivity index (χ1v) is 6.31. The third-order valence-corrected chi connectivity index (χ3v) is 3.49. The Bertz CT molecular complexity index is 370. The standard InChI is InChI=1S/C14H20N2O/c1-2-15-7-9-16(10-8-15)11-13-5-3-4-6-14(13)12-17/h3-6,12H,2,7-11H2,1H3. The van der Waals surface area contributed by atoms with Gasteiger partial charge in [-0.2, -0.15) is 0 Å². The number of likely N-dealkylation sites (N-methyl/N-ethyl adjacent to an activating group) is 1. The van der Waals surface area contributed by atoms with Crippen LogP contribution in [-0.2, 0) is 6.54 Å². The van der Waals surface area contributed by atoms with E-state index in [0.29, 0.717) is 0 Å². The highest BCUT2D eigenvalue weighted by Crippen LogP contribution is 2.11. The zero-order chi connectivity index (χ0) is 12.1. The van der Waals surface area contributed by atoms with Crippen LogP contribution >= 0.6 is 0 Å². The molecule has 0 unspecified atom stereocenters. The molecule has 1 aromatic carbocycles. The summed E-state index contributed by atoms with van der Waals surface area (Å²) < 4.78 is 0. The lowest BCUT2D eigenvalue weighted by Crippen LogP contribution is -2.45. The van der Waals surface area contributed by atoms with Gasteiger partial charge < -0.3 is 4.90 Å². The van der Waals surface area contributed by atoms with Crippen LogP contribution < -0.4 is 0 Å². The SMILES string of the molecule is CCN1CCN(Cc2ccccc2C=O)CC1. The summed E-state index contributed by atoms with van der Waals surface area (Å²) in [4.78, 5) is 15.8. The molecule has 1 aliphatic rings. The molecule has 3 heteroatoms. The van der Waals surface area contributed by atoms with E-state index in [2.05, 4.69) is 22.8 Å². The van der Waals surface area contributed by atoms with Crippen molar-refractivity contribution < 1.29 is 4.79 Å². The Balaban J connectivity index is 1.95. The fourth-order valence-corrected chi connectivity index (χ4v) is 2.30. The van der Waals surface area contributed by atoms with Gasteiger partial charge in [-0.1, -0.05) is 31.2 Å². The summed E-state index contributed by atoms with van der Waals surface area (Å²) in [5.41, 5.74) is 1.97.